The number of amides is 1. The quantitative estimate of drug-likeness (QED) is 0.856. The number of pyridine rings is 1. The standard InChI is InChI=1S/C17H17FN2O3S/c18-14-2-1-5-19-15(14)23-13-3-6-22-17(8-13)10-20(11-17)16(21)12-4-7-24-9-12/h1-2,4-5,7,9,13H,3,6,8,10-11H2/t13-/m1/s1. The second-order valence-electron chi connectivity index (χ2n) is 6.23. The number of ether oxygens (including phenoxy) is 2. The average Bonchev–Trinajstić information content (AvgIpc) is 3.09. The SMILES string of the molecule is O=C(c1ccsc1)N1CC2(C[C@H](Oc3ncccc3F)CCO2)C1. The van der Waals surface area contributed by atoms with E-state index >= 15 is 0 Å². The molecule has 2 aliphatic heterocycles. The maximum atomic E-state index is 13.7. The summed E-state index contributed by atoms with van der Waals surface area (Å²) in [5.41, 5.74) is 0.342. The molecule has 24 heavy (non-hydrogen) atoms. The fourth-order valence-corrected chi connectivity index (χ4v) is 3.91. The minimum atomic E-state index is -0.457. The molecule has 0 saturated carbocycles. The Bertz CT molecular complexity index is 731. The second kappa shape index (κ2) is 6.14. The molecule has 0 unspecified atom stereocenters. The number of carbonyl (C=O) groups is 1. The summed E-state index contributed by atoms with van der Waals surface area (Å²) in [7, 11) is 0. The van der Waals surface area contributed by atoms with Crippen molar-refractivity contribution in [3.63, 3.8) is 0 Å². The lowest BCUT2D eigenvalue weighted by Crippen LogP contribution is -2.67. The summed E-state index contributed by atoms with van der Waals surface area (Å²) < 4.78 is 25.3. The van der Waals surface area contributed by atoms with Gasteiger partial charge in [-0.05, 0) is 23.6 Å². The van der Waals surface area contributed by atoms with Crippen LogP contribution in [-0.4, -0.2) is 47.2 Å². The Morgan fingerprint density at radius 3 is 3.08 bits per heavy atom. The second-order valence-corrected chi connectivity index (χ2v) is 7.01. The number of aromatic nitrogens is 1. The molecule has 2 saturated heterocycles. The van der Waals surface area contributed by atoms with Crippen LogP contribution in [0.25, 0.3) is 0 Å². The molecule has 1 spiro atoms. The van der Waals surface area contributed by atoms with E-state index in [9.17, 15) is 9.18 Å². The summed E-state index contributed by atoms with van der Waals surface area (Å²) in [5.74, 6) is -0.393. The number of likely N-dealkylation sites (tertiary alicyclic amines) is 1. The molecule has 1 atom stereocenters. The Labute approximate surface area is 143 Å². The molecule has 2 aromatic heterocycles. The van der Waals surface area contributed by atoms with Crippen LogP contribution >= 0.6 is 11.3 Å². The monoisotopic (exact) mass is 348 g/mol. The lowest BCUT2D eigenvalue weighted by Gasteiger charge is -2.52. The molecule has 0 radical (unpaired) electrons. The normalized spacial score (nSPS) is 22.2. The molecule has 5 nitrogen and oxygen atoms in total. The summed E-state index contributed by atoms with van der Waals surface area (Å²) in [4.78, 5) is 18.0. The van der Waals surface area contributed by atoms with E-state index < -0.39 is 5.82 Å². The first-order chi connectivity index (χ1) is 11.7. The van der Waals surface area contributed by atoms with Crippen molar-refractivity contribution in [1.82, 2.24) is 9.88 Å². The third-order valence-electron chi connectivity index (χ3n) is 4.46. The van der Waals surface area contributed by atoms with Gasteiger partial charge in [0.05, 0.1) is 25.3 Å². The molecule has 0 bridgehead atoms. The number of hydrogen-bond donors (Lipinski definition) is 0. The van der Waals surface area contributed by atoms with Crippen molar-refractivity contribution in [3.8, 4) is 5.88 Å². The molecule has 0 N–H and O–H groups in total. The molecule has 0 aliphatic carbocycles. The van der Waals surface area contributed by atoms with Gasteiger partial charge in [-0.15, -0.1) is 0 Å². The average molecular weight is 348 g/mol. The summed E-state index contributed by atoms with van der Waals surface area (Å²) in [5, 5.41) is 3.75. The number of nitrogens with zero attached hydrogens (tertiary/aromatic N) is 2. The summed E-state index contributed by atoms with van der Waals surface area (Å²) in [6.07, 6.45) is 2.69. The Morgan fingerprint density at radius 2 is 2.33 bits per heavy atom. The van der Waals surface area contributed by atoms with Crippen molar-refractivity contribution in [1.29, 1.82) is 0 Å². The molecule has 7 heteroatoms. The fourth-order valence-electron chi connectivity index (χ4n) is 3.28. The number of thiophene rings is 1. The van der Waals surface area contributed by atoms with Crippen LogP contribution in [0.1, 0.15) is 23.2 Å². The molecule has 2 fully saturated rings. The number of halogens is 1. The smallest absolute Gasteiger partial charge is 0.254 e. The van der Waals surface area contributed by atoms with Crippen LogP contribution < -0.4 is 4.74 Å². The van der Waals surface area contributed by atoms with E-state index in [2.05, 4.69) is 4.98 Å². The van der Waals surface area contributed by atoms with Crippen molar-refractivity contribution in [3.05, 3.63) is 46.5 Å². The molecule has 2 aliphatic rings. The van der Waals surface area contributed by atoms with Crippen molar-refractivity contribution >= 4 is 17.2 Å². The molecule has 4 rings (SSSR count). The number of rotatable bonds is 3. The molecular weight excluding hydrogens is 331 g/mol. The third kappa shape index (κ3) is 2.89. The van der Waals surface area contributed by atoms with Crippen LogP contribution in [0.2, 0.25) is 0 Å². The molecule has 0 aromatic carbocycles. The first-order valence-corrected chi connectivity index (χ1v) is 8.82. The highest BCUT2D eigenvalue weighted by Gasteiger charge is 2.50. The van der Waals surface area contributed by atoms with Crippen LogP contribution in [-0.2, 0) is 4.74 Å². The lowest BCUT2D eigenvalue weighted by atomic mass is 9.84. The highest BCUT2D eigenvalue weighted by molar-refractivity contribution is 7.08. The van der Waals surface area contributed by atoms with Gasteiger partial charge in [0.2, 0.25) is 0 Å². The predicted octanol–water partition coefficient (Wildman–Crippen LogP) is 2.73. The van der Waals surface area contributed by atoms with Gasteiger partial charge in [-0.1, -0.05) is 0 Å². The van der Waals surface area contributed by atoms with E-state index in [4.69, 9.17) is 9.47 Å². The van der Waals surface area contributed by atoms with Crippen molar-refractivity contribution in [2.45, 2.75) is 24.5 Å². The molecular formula is C17H17FN2O3S. The van der Waals surface area contributed by atoms with Crippen molar-refractivity contribution in [2.75, 3.05) is 19.7 Å². The van der Waals surface area contributed by atoms with E-state index in [1.165, 1.54) is 29.7 Å². The van der Waals surface area contributed by atoms with E-state index in [0.29, 0.717) is 38.1 Å². The Hall–Kier alpha value is -1.99. The van der Waals surface area contributed by atoms with Gasteiger partial charge in [-0.2, -0.15) is 11.3 Å². The molecule has 1 amide bonds. The Morgan fingerprint density at radius 1 is 1.46 bits per heavy atom. The highest BCUT2D eigenvalue weighted by atomic mass is 32.1. The summed E-state index contributed by atoms with van der Waals surface area (Å²) in [6, 6.07) is 4.70. The predicted molar refractivity (Wildman–Crippen MR) is 86.8 cm³/mol. The van der Waals surface area contributed by atoms with E-state index in [-0.39, 0.29) is 23.5 Å². The minimum Gasteiger partial charge on any atom is -0.472 e. The van der Waals surface area contributed by atoms with Crippen LogP contribution in [0.5, 0.6) is 5.88 Å². The van der Waals surface area contributed by atoms with Crippen LogP contribution in [0, 0.1) is 5.82 Å². The fraction of sp³-hybridized carbons (Fsp3) is 0.412. The van der Waals surface area contributed by atoms with Gasteiger partial charge in [0, 0.05) is 24.4 Å². The van der Waals surface area contributed by atoms with Gasteiger partial charge >= 0.3 is 0 Å². The maximum absolute atomic E-state index is 13.7. The van der Waals surface area contributed by atoms with Gasteiger partial charge in [-0.25, -0.2) is 9.37 Å². The van der Waals surface area contributed by atoms with Gasteiger partial charge in [-0.3, -0.25) is 4.79 Å². The first kappa shape index (κ1) is 15.5. The minimum absolute atomic E-state index is 0.0317. The molecule has 126 valence electrons. The zero-order valence-electron chi connectivity index (χ0n) is 13.0. The van der Waals surface area contributed by atoms with Crippen molar-refractivity contribution < 1.29 is 18.7 Å². The first-order valence-electron chi connectivity index (χ1n) is 7.88. The zero-order valence-corrected chi connectivity index (χ0v) is 13.8. The lowest BCUT2D eigenvalue weighted by molar-refractivity contribution is -0.174. The zero-order chi connectivity index (χ0) is 16.6. The Balaban J connectivity index is 1.38. The highest BCUT2D eigenvalue weighted by Crippen LogP contribution is 2.36. The van der Waals surface area contributed by atoms with Gasteiger partial charge in [0.1, 0.15) is 11.7 Å². The third-order valence-corrected chi connectivity index (χ3v) is 5.15. The maximum Gasteiger partial charge on any atom is 0.254 e. The van der Waals surface area contributed by atoms with E-state index in [0.717, 1.165) is 0 Å². The largest absolute Gasteiger partial charge is 0.472 e. The summed E-state index contributed by atoms with van der Waals surface area (Å²) in [6.45, 7) is 1.64. The van der Waals surface area contributed by atoms with E-state index in [1.54, 1.807) is 4.90 Å². The topological polar surface area (TPSA) is 51.7 Å². The van der Waals surface area contributed by atoms with Crippen LogP contribution in [0.15, 0.2) is 35.2 Å². The number of carbonyl (C=O) groups excluding carboxylic acids is 1. The molecule has 2 aromatic rings. The van der Waals surface area contributed by atoms with Gasteiger partial charge < -0.3 is 14.4 Å². The van der Waals surface area contributed by atoms with Gasteiger partial charge in [0.15, 0.2) is 5.82 Å². The van der Waals surface area contributed by atoms with E-state index in [1.807, 2.05) is 16.8 Å². The Kier molecular flexibility index (Phi) is 3.97. The van der Waals surface area contributed by atoms with Crippen LogP contribution in [0.3, 0.4) is 0 Å². The van der Waals surface area contributed by atoms with Crippen LogP contribution in [0.4, 0.5) is 4.39 Å². The van der Waals surface area contributed by atoms with Gasteiger partial charge in [0.25, 0.3) is 11.8 Å². The van der Waals surface area contributed by atoms with Crippen molar-refractivity contribution in [2.24, 2.45) is 0 Å². The molecule has 4 heterocycles. The summed E-state index contributed by atoms with van der Waals surface area (Å²) >= 11 is 1.51. The number of hydrogen-bond acceptors (Lipinski definition) is 5.